The number of nitrogens with zero attached hydrogens (tertiary/aromatic N) is 1. The van der Waals surface area contributed by atoms with E-state index in [1.165, 1.54) is 0 Å². The Labute approximate surface area is 78.2 Å². The topological polar surface area (TPSA) is 48.0 Å². The lowest BCUT2D eigenvalue weighted by atomic mass is 9.85. The second-order valence-corrected chi connectivity index (χ2v) is 3.95. The molecule has 1 rings (SSSR count). The largest absolute Gasteiger partial charge is 0.330 e. The summed E-state index contributed by atoms with van der Waals surface area (Å²) in [6.45, 7) is 4.60. The first kappa shape index (κ1) is 9.99. The Balaban J connectivity index is 3.18. The summed E-state index contributed by atoms with van der Waals surface area (Å²) in [7, 11) is 1.74. The van der Waals surface area contributed by atoms with Crippen molar-refractivity contribution in [2.45, 2.75) is 19.3 Å². The third kappa shape index (κ3) is 1.98. The van der Waals surface area contributed by atoms with E-state index in [9.17, 15) is 4.79 Å². The van der Waals surface area contributed by atoms with E-state index in [0.29, 0.717) is 6.54 Å². The standard InChI is InChI=1S/C10H16N2O/c1-10(2,7-11)8-4-5-12(3)9(13)6-8/h4-6H,7,11H2,1-3H3. The van der Waals surface area contributed by atoms with Gasteiger partial charge in [-0.1, -0.05) is 13.8 Å². The first-order chi connectivity index (χ1) is 5.97. The van der Waals surface area contributed by atoms with E-state index < -0.39 is 0 Å². The van der Waals surface area contributed by atoms with Crippen LogP contribution in [0.3, 0.4) is 0 Å². The molecule has 3 nitrogen and oxygen atoms in total. The minimum atomic E-state index is -0.118. The van der Waals surface area contributed by atoms with Gasteiger partial charge in [0.05, 0.1) is 0 Å². The molecule has 0 aliphatic rings. The number of aromatic nitrogens is 1. The van der Waals surface area contributed by atoms with Crippen molar-refractivity contribution in [3.05, 3.63) is 34.2 Å². The van der Waals surface area contributed by atoms with Crippen LogP contribution in [0.1, 0.15) is 19.4 Å². The van der Waals surface area contributed by atoms with Crippen molar-refractivity contribution in [1.82, 2.24) is 4.57 Å². The summed E-state index contributed by atoms with van der Waals surface area (Å²) in [6, 6.07) is 3.58. The van der Waals surface area contributed by atoms with Gasteiger partial charge in [-0.2, -0.15) is 0 Å². The van der Waals surface area contributed by atoms with Crippen molar-refractivity contribution in [1.29, 1.82) is 0 Å². The van der Waals surface area contributed by atoms with Crippen molar-refractivity contribution < 1.29 is 0 Å². The van der Waals surface area contributed by atoms with Gasteiger partial charge in [-0.05, 0) is 11.6 Å². The van der Waals surface area contributed by atoms with Gasteiger partial charge in [0.25, 0.3) is 5.56 Å². The number of nitrogens with two attached hydrogens (primary N) is 1. The Morgan fingerprint density at radius 3 is 2.62 bits per heavy atom. The summed E-state index contributed by atoms with van der Waals surface area (Å²) in [4.78, 5) is 11.3. The van der Waals surface area contributed by atoms with Crippen LogP contribution in [-0.4, -0.2) is 11.1 Å². The minimum absolute atomic E-state index is 0.0130. The third-order valence-corrected chi connectivity index (χ3v) is 2.40. The van der Waals surface area contributed by atoms with Crippen LogP contribution in [0.15, 0.2) is 23.1 Å². The molecule has 0 saturated heterocycles. The van der Waals surface area contributed by atoms with Gasteiger partial charge in [-0.25, -0.2) is 0 Å². The molecule has 0 amide bonds. The molecule has 2 N–H and O–H groups in total. The highest BCUT2D eigenvalue weighted by molar-refractivity contribution is 5.21. The van der Waals surface area contributed by atoms with Crippen LogP contribution in [0.5, 0.6) is 0 Å². The minimum Gasteiger partial charge on any atom is -0.330 e. The van der Waals surface area contributed by atoms with Gasteiger partial charge in [0.2, 0.25) is 0 Å². The zero-order chi connectivity index (χ0) is 10.1. The fraction of sp³-hybridized carbons (Fsp3) is 0.500. The van der Waals surface area contributed by atoms with Crippen LogP contribution < -0.4 is 11.3 Å². The molecule has 1 aromatic rings. The van der Waals surface area contributed by atoms with Crippen molar-refractivity contribution in [2.24, 2.45) is 12.8 Å². The fourth-order valence-electron chi connectivity index (χ4n) is 1.09. The summed E-state index contributed by atoms with van der Waals surface area (Å²) in [5, 5.41) is 0. The normalized spacial score (nSPS) is 11.7. The maximum Gasteiger partial charge on any atom is 0.250 e. The Kier molecular flexibility index (Phi) is 2.57. The zero-order valence-electron chi connectivity index (χ0n) is 8.37. The monoisotopic (exact) mass is 180 g/mol. The highest BCUT2D eigenvalue weighted by atomic mass is 16.1. The van der Waals surface area contributed by atoms with Crippen molar-refractivity contribution in [2.75, 3.05) is 6.54 Å². The maximum absolute atomic E-state index is 11.3. The quantitative estimate of drug-likeness (QED) is 0.725. The molecule has 0 bridgehead atoms. The van der Waals surface area contributed by atoms with E-state index in [-0.39, 0.29) is 11.0 Å². The molecule has 0 fully saturated rings. The molecule has 1 heterocycles. The summed E-state index contributed by atoms with van der Waals surface area (Å²) in [6.07, 6.45) is 1.77. The number of aryl methyl sites for hydroxylation is 1. The molecule has 0 radical (unpaired) electrons. The first-order valence-electron chi connectivity index (χ1n) is 4.34. The molecule has 13 heavy (non-hydrogen) atoms. The van der Waals surface area contributed by atoms with E-state index in [0.717, 1.165) is 5.56 Å². The van der Waals surface area contributed by atoms with Gasteiger partial charge >= 0.3 is 0 Å². The van der Waals surface area contributed by atoms with Crippen LogP contribution >= 0.6 is 0 Å². The van der Waals surface area contributed by atoms with Crippen molar-refractivity contribution in [3.63, 3.8) is 0 Å². The lowest BCUT2D eigenvalue weighted by molar-refractivity contribution is 0.536. The lowest BCUT2D eigenvalue weighted by Crippen LogP contribution is -2.30. The van der Waals surface area contributed by atoms with Gasteiger partial charge in [0.15, 0.2) is 0 Å². The molecular formula is C10H16N2O. The predicted octanol–water partition coefficient (Wildman–Crippen LogP) is 0.622. The Hall–Kier alpha value is -1.09. The van der Waals surface area contributed by atoms with Gasteiger partial charge in [0.1, 0.15) is 0 Å². The molecule has 0 aromatic carbocycles. The SMILES string of the molecule is Cn1ccc(C(C)(C)CN)cc1=O. The number of hydrogen-bond donors (Lipinski definition) is 1. The molecule has 0 unspecified atom stereocenters. The van der Waals surface area contributed by atoms with E-state index in [1.54, 1.807) is 23.9 Å². The van der Waals surface area contributed by atoms with Crippen LogP contribution in [0.4, 0.5) is 0 Å². The van der Waals surface area contributed by atoms with Gasteiger partial charge in [0, 0.05) is 31.3 Å². The van der Waals surface area contributed by atoms with Crippen LogP contribution in [0, 0.1) is 0 Å². The molecule has 0 saturated carbocycles. The summed E-state index contributed by atoms with van der Waals surface area (Å²) in [5.74, 6) is 0. The smallest absolute Gasteiger partial charge is 0.250 e. The first-order valence-corrected chi connectivity index (χ1v) is 4.34. The van der Waals surface area contributed by atoms with Crippen LogP contribution in [0.25, 0.3) is 0 Å². The Bertz CT molecular complexity index is 352. The molecular weight excluding hydrogens is 164 g/mol. The lowest BCUT2D eigenvalue weighted by Gasteiger charge is -2.22. The van der Waals surface area contributed by atoms with Gasteiger partial charge < -0.3 is 10.3 Å². The molecule has 0 atom stereocenters. The maximum atomic E-state index is 11.3. The summed E-state index contributed by atoms with van der Waals surface area (Å²) in [5.41, 5.74) is 6.51. The van der Waals surface area contributed by atoms with Gasteiger partial charge in [-0.3, -0.25) is 4.79 Å². The van der Waals surface area contributed by atoms with Crippen molar-refractivity contribution in [3.8, 4) is 0 Å². The number of pyridine rings is 1. The second-order valence-electron chi connectivity index (χ2n) is 3.95. The molecule has 0 aliphatic carbocycles. The fourth-order valence-corrected chi connectivity index (χ4v) is 1.09. The van der Waals surface area contributed by atoms with Crippen LogP contribution in [-0.2, 0) is 12.5 Å². The Morgan fingerprint density at radius 1 is 1.54 bits per heavy atom. The summed E-state index contributed by atoms with van der Waals surface area (Å²) >= 11 is 0. The average molecular weight is 180 g/mol. The zero-order valence-corrected chi connectivity index (χ0v) is 8.37. The molecule has 0 aliphatic heterocycles. The highest BCUT2D eigenvalue weighted by Gasteiger charge is 2.18. The molecule has 72 valence electrons. The van der Waals surface area contributed by atoms with E-state index >= 15 is 0 Å². The third-order valence-electron chi connectivity index (χ3n) is 2.40. The molecule has 0 spiro atoms. The molecule has 3 heteroatoms. The number of hydrogen-bond acceptors (Lipinski definition) is 2. The predicted molar refractivity (Wildman–Crippen MR) is 53.8 cm³/mol. The van der Waals surface area contributed by atoms with E-state index in [4.69, 9.17) is 5.73 Å². The van der Waals surface area contributed by atoms with E-state index in [2.05, 4.69) is 0 Å². The average Bonchev–Trinajstić information content (AvgIpc) is 2.09. The van der Waals surface area contributed by atoms with Gasteiger partial charge in [-0.15, -0.1) is 0 Å². The van der Waals surface area contributed by atoms with Crippen molar-refractivity contribution >= 4 is 0 Å². The van der Waals surface area contributed by atoms with E-state index in [1.807, 2.05) is 19.9 Å². The number of rotatable bonds is 2. The molecule has 1 aromatic heterocycles. The second kappa shape index (κ2) is 3.34. The van der Waals surface area contributed by atoms with Crippen LogP contribution in [0.2, 0.25) is 0 Å². The highest BCUT2D eigenvalue weighted by Crippen LogP contribution is 2.19. The Morgan fingerprint density at radius 2 is 2.15 bits per heavy atom. The summed E-state index contributed by atoms with van der Waals surface area (Å²) < 4.78 is 1.55.